The lowest BCUT2D eigenvalue weighted by molar-refractivity contribution is -0.139. The van der Waals surface area contributed by atoms with E-state index in [1.54, 1.807) is 0 Å². The Kier molecular flexibility index (Phi) is 4.39. The lowest BCUT2D eigenvalue weighted by Gasteiger charge is -2.14. The minimum Gasteiger partial charge on any atom is -0.478 e. The maximum atomic E-state index is 12.1. The van der Waals surface area contributed by atoms with Crippen LogP contribution < -0.4 is 5.32 Å². The highest BCUT2D eigenvalue weighted by molar-refractivity contribution is 5.88. The minimum atomic E-state index is -4.22. The summed E-state index contributed by atoms with van der Waals surface area (Å²) in [5.41, 5.74) is 0.0234. The molecule has 0 aromatic carbocycles. The summed E-state index contributed by atoms with van der Waals surface area (Å²) in [7, 11) is 0. The molecule has 1 aromatic heterocycles. The maximum Gasteiger partial charge on any atom is 0.390 e. The molecule has 0 amide bonds. The van der Waals surface area contributed by atoms with Crippen molar-refractivity contribution in [3.8, 4) is 0 Å². The average molecular weight is 265 g/mol. The van der Waals surface area contributed by atoms with E-state index in [0.717, 1.165) is 0 Å². The zero-order chi connectivity index (χ0) is 13.9. The van der Waals surface area contributed by atoms with Gasteiger partial charge in [0.25, 0.3) is 0 Å². The molecule has 7 heteroatoms. The number of hydrogen-bond donors (Lipinski definition) is 2. The number of furan rings is 1. The van der Waals surface area contributed by atoms with Crippen molar-refractivity contribution in [2.24, 2.45) is 0 Å². The number of alkyl halides is 3. The van der Waals surface area contributed by atoms with Gasteiger partial charge < -0.3 is 14.8 Å². The number of carboxylic acid groups (broad SMARTS) is 1. The van der Waals surface area contributed by atoms with Crippen molar-refractivity contribution in [3.63, 3.8) is 0 Å². The van der Waals surface area contributed by atoms with Crippen LogP contribution in [0.4, 0.5) is 13.2 Å². The van der Waals surface area contributed by atoms with Crippen LogP contribution >= 0.6 is 0 Å². The van der Waals surface area contributed by atoms with Crippen molar-refractivity contribution in [3.05, 3.63) is 23.2 Å². The summed E-state index contributed by atoms with van der Waals surface area (Å²) in [5.74, 6) is -0.576. The van der Waals surface area contributed by atoms with E-state index in [2.05, 4.69) is 5.32 Å². The first-order valence-electron chi connectivity index (χ1n) is 5.32. The van der Waals surface area contributed by atoms with Gasteiger partial charge >= 0.3 is 12.1 Å². The summed E-state index contributed by atoms with van der Waals surface area (Å²) in [5, 5.41) is 11.4. The first-order valence-corrected chi connectivity index (χ1v) is 5.32. The van der Waals surface area contributed by atoms with E-state index < -0.39 is 24.6 Å². The van der Waals surface area contributed by atoms with Gasteiger partial charge in [-0.25, -0.2) is 4.79 Å². The Morgan fingerprint density at radius 3 is 2.61 bits per heavy atom. The van der Waals surface area contributed by atoms with E-state index >= 15 is 0 Å². The summed E-state index contributed by atoms with van der Waals surface area (Å²) in [6, 6.07) is 0.550. The normalized spacial score (nSPS) is 13.6. The minimum absolute atomic E-state index is 0.0234. The molecular formula is C11H14F3NO3. The topological polar surface area (TPSA) is 62.5 Å². The molecule has 0 saturated heterocycles. The van der Waals surface area contributed by atoms with Gasteiger partial charge in [0.2, 0.25) is 0 Å². The Morgan fingerprint density at radius 1 is 1.56 bits per heavy atom. The van der Waals surface area contributed by atoms with Crippen molar-refractivity contribution in [2.75, 3.05) is 0 Å². The van der Waals surface area contributed by atoms with Gasteiger partial charge in [-0.05, 0) is 19.9 Å². The number of aryl methyl sites for hydroxylation is 1. The highest BCUT2D eigenvalue weighted by atomic mass is 19.4. The molecular weight excluding hydrogens is 251 g/mol. The van der Waals surface area contributed by atoms with Crippen molar-refractivity contribution < 1.29 is 27.5 Å². The predicted octanol–water partition coefficient (Wildman–Crippen LogP) is 2.72. The SMILES string of the molecule is Cc1oc(CNC(C)CC(F)(F)F)cc1C(=O)O. The summed E-state index contributed by atoms with van der Waals surface area (Å²) < 4.78 is 41.3. The fourth-order valence-corrected chi connectivity index (χ4v) is 1.54. The van der Waals surface area contributed by atoms with Gasteiger partial charge in [-0.1, -0.05) is 0 Å². The molecule has 0 spiro atoms. The Hall–Kier alpha value is -1.50. The van der Waals surface area contributed by atoms with Crippen molar-refractivity contribution in [2.45, 2.75) is 39.0 Å². The van der Waals surface area contributed by atoms with E-state index in [1.165, 1.54) is 19.9 Å². The molecule has 18 heavy (non-hydrogen) atoms. The second kappa shape index (κ2) is 5.43. The summed E-state index contributed by atoms with van der Waals surface area (Å²) in [4.78, 5) is 10.7. The molecule has 1 heterocycles. The van der Waals surface area contributed by atoms with Crippen LogP contribution in [0.5, 0.6) is 0 Å². The highest BCUT2D eigenvalue weighted by Gasteiger charge is 2.29. The van der Waals surface area contributed by atoms with Gasteiger partial charge in [0.05, 0.1) is 13.0 Å². The average Bonchev–Trinajstić information content (AvgIpc) is 2.54. The van der Waals surface area contributed by atoms with Crippen molar-refractivity contribution in [1.29, 1.82) is 0 Å². The van der Waals surface area contributed by atoms with Gasteiger partial charge in [-0.3, -0.25) is 0 Å². The number of carbonyl (C=O) groups is 1. The van der Waals surface area contributed by atoms with Gasteiger partial charge in [0.1, 0.15) is 17.1 Å². The Balaban J connectivity index is 2.54. The van der Waals surface area contributed by atoms with Crippen LogP contribution in [0.2, 0.25) is 0 Å². The molecule has 1 unspecified atom stereocenters. The van der Waals surface area contributed by atoms with Crippen LogP contribution in [-0.2, 0) is 6.54 Å². The van der Waals surface area contributed by atoms with E-state index in [9.17, 15) is 18.0 Å². The van der Waals surface area contributed by atoms with E-state index in [-0.39, 0.29) is 17.9 Å². The van der Waals surface area contributed by atoms with Crippen LogP contribution in [0.15, 0.2) is 10.5 Å². The Bertz CT molecular complexity index is 426. The second-order valence-corrected chi connectivity index (χ2v) is 4.09. The summed E-state index contributed by atoms with van der Waals surface area (Å²) in [6.45, 7) is 2.96. The number of aromatic carboxylic acids is 1. The molecule has 1 rings (SSSR count). The number of nitrogens with one attached hydrogen (secondary N) is 1. The zero-order valence-electron chi connectivity index (χ0n) is 9.97. The summed E-state index contributed by atoms with van der Waals surface area (Å²) >= 11 is 0. The largest absolute Gasteiger partial charge is 0.478 e. The standard InChI is InChI=1S/C11H14F3NO3/c1-6(4-11(12,13)14)15-5-8-3-9(10(16)17)7(2)18-8/h3,6,15H,4-5H2,1-2H3,(H,16,17). The molecule has 2 N–H and O–H groups in total. The van der Waals surface area contributed by atoms with Gasteiger partial charge in [0, 0.05) is 6.04 Å². The molecule has 1 aromatic rings. The third kappa shape index (κ3) is 4.40. The highest BCUT2D eigenvalue weighted by Crippen LogP contribution is 2.21. The number of rotatable bonds is 5. The van der Waals surface area contributed by atoms with Gasteiger partial charge in [-0.15, -0.1) is 0 Å². The van der Waals surface area contributed by atoms with Gasteiger partial charge in [-0.2, -0.15) is 13.2 Å². The molecule has 0 bridgehead atoms. The second-order valence-electron chi connectivity index (χ2n) is 4.09. The third-order valence-electron chi connectivity index (χ3n) is 2.36. The fourth-order valence-electron chi connectivity index (χ4n) is 1.54. The lowest BCUT2D eigenvalue weighted by Crippen LogP contribution is -2.30. The van der Waals surface area contributed by atoms with E-state index in [0.29, 0.717) is 5.76 Å². The molecule has 0 fully saturated rings. The predicted molar refractivity (Wildman–Crippen MR) is 57.4 cm³/mol. The van der Waals surface area contributed by atoms with Crippen LogP contribution in [0.1, 0.15) is 35.2 Å². The first kappa shape index (κ1) is 14.6. The molecule has 0 aliphatic rings. The van der Waals surface area contributed by atoms with Crippen LogP contribution in [0.3, 0.4) is 0 Å². The Labute approximate surface area is 102 Å². The lowest BCUT2D eigenvalue weighted by atomic mass is 10.2. The van der Waals surface area contributed by atoms with Crippen molar-refractivity contribution in [1.82, 2.24) is 5.32 Å². The number of hydrogen-bond acceptors (Lipinski definition) is 3. The smallest absolute Gasteiger partial charge is 0.390 e. The molecule has 102 valence electrons. The van der Waals surface area contributed by atoms with Crippen LogP contribution in [0.25, 0.3) is 0 Å². The third-order valence-corrected chi connectivity index (χ3v) is 2.36. The molecule has 0 aliphatic carbocycles. The monoisotopic (exact) mass is 265 g/mol. The molecule has 0 radical (unpaired) electrons. The van der Waals surface area contributed by atoms with E-state index in [1.807, 2.05) is 0 Å². The first-order chi connectivity index (χ1) is 8.19. The number of halogens is 3. The van der Waals surface area contributed by atoms with Crippen LogP contribution in [-0.4, -0.2) is 23.3 Å². The van der Waals surface area contributed by atoms with Crippen LogP contribution in [0, 0.1) is 6.92 Å². The van der Waals surface area contributed by atoms with Gasteiger partial charge in [0.15, 0.2) is 0 Å². The Morgan fingerprint density at radius 2 is 2.17 bits per heavy atom. The van der Waals surface area contributed by atoms with E-state index in [4.69, 9.17) is 9.52 Å². The van der Waals surface area contributed by atoms with Crippen molar-refractivity contribution >= 4 is 5.97 Å². The molecule has 0 saturated carbocycles. The summed E-state index contributed by atoms with van der Waals surface area (Å²) in [6.07, 6.45) is -5.17. The zero-order valence-corrected chi connectivity index (χ0v) is 9.97. The molecule has 4 nitrogen and oxygen atoms in total. The number of carboxylic acids is 1. The molecule has 0 aliphatic heterocycles. The maximum absolute atomic E-state index is 12.1. The fraction of sp³-hybridized carbons (Fsp3) is 0.545. The molecule has 1 atom stereocenters. The quantitative estimate of drug-likeness (QED) is 0.859.